The van der Waals surface area contributed by atoms with Crippen molar-refractivity contribution in [1.82, 2.24) is 4.98 Å². The van der Waals surface area contributed by atoms with Crippen LogP contribution < -0.4 is 5.73 Å². The minimum Gasteiger partial charge on any atom is -0.364 e. The Bertz CT molecular complexity index is 681. The quantitative estimate of drug-likeness (QED) is 0.507. The van der Waals surface area contributed by atoms with Gasteiger partial charge in [-0.25, -0.2) is 4.98 Å². The molecular formula is C14H11N3O4. The summed E-state index contributed by atoms with van der Waals surface area (Å²) < 4.78 is 0. The highest BCUT2D eigenvalue weighted by Crippen LogP contribution is 2.22. The monoisotopic (exact) mass is 285 g/mol. The van der Waals surface area contributed by atoms with Crippen LogP contribution in [0.3, 0.4) is 0 Å². The van der Waals surface area contributed by atoms with Crippen molar-refractivity contribution in [2.45, 2.75) is 6.42 Å². The fourth-order valence-electron chi connectivity index (χ4n) is 1.94. The van der Waals surface area contributed by atoms with Gasteiger partial charge in [0.15, 0.2) is 5.78 Å². The van der Waals surface area contributed by atoms with Crippen molar-refractivity contribution in [3.63, 3.8) is 0 Å². The molecule has 106 valence electrons. The number of hydrogen-bond donors (Lipinski definition) is 1. The molecule has 1 heterocycles. The van der Waals surface area contributed by atoms with Gasteiger partial charge in [-0.05, 0) is 5.56 Å². The number of pyridine rings is 1. The highest BCUT2D eigenvalue weighted by atomic mass is 16.6. The highest BCUT2D eigenvalue weighted by Gasteiger charge is 2.27. The Balaban J connectivity index is 2.48. The molecule has 0 aliphatic carbocycles. The first kappa shape index (κ1) is 14.3. The van der Waals surface area contributed by atoms with Crippen LogP contribution >= 0.6 is 0 Å². The zero-order valence-corrected chi connectivity index (χ0v) is 10.9. The summed E-state index contributed by atoms with van der Waals surface area (Å²) in [6.45, 7) is 0. The number of benzene rings is 1. The van der Waals surface area contributed by atoms with Crippen LogP contribution in [0.25, 0.3) is 0 Å². The summed E-state index contributed by atoms with van der Waals surface area (Å²) >= 11 is 0. The smallest absolute Gasteiger partial charge is 0.284 e. The third-order valence-corrected chi connectivity index (χ3v) is 2.85. The molecule has 0 atom stereocenters. The number of ketones is 1. The molecule has 21 heavy (non-hydrogen) atoms. The largest absolute Gasteiger partial charge is 0.364 e. The Morgan fingerprint density at radius 3 is 2.43 bits per heavy atom. The molecule has 0 saturated carbocycles. The lowest BCUT2D eigenvalue weighted by molar-refractivity contribution is -0.385. The summed E-state index contributed by atoms with van der Waals surface area (Å²) in [5.74, 6) is -1.55. The fraction of sp³-hybridized carbons (Fsp3) is 0.0714. The molecule has 0 aliphatic heterocycles. The molecular weight excluding hydrogens is 274 g/mol. The maximum absolute atomic E-state index is 12.3. The number of aromatic nitrogens is 1. The van der Waals surface area contributed by atoms with Gasteiger partial charge < -0.3 is 5.73 Å². The molecule has 0 spiro atoms. The van der Waals surface area contributed by atoms with Gasteiger partial charge in [-0.3, -0.25) is 19.7 Å². The first-order valence-corrected chi connectivity index (χ1v) is 6.01. The van der Waals surface area contributed by atoms with Crippen molar-refractivity contribution in [2.75, 3.05) is 0 Å². The van der Waals surface area contributed by atoms with Gasteiger partial charge in [0.05, 0.1) is 4.92 Å². The van der Waals surface area contributed by atoms with E-state index in [4.69, 9.17) is 5.73 Å². The van der Waals surface area contributed by atoms with Crippen LogP contribution in [-0.4, -0.2) is 21.6 Å². The number of nitro groups is 1. The number of carbonyl (C=O) groups excluding carboxylic acids is 2. The standard InChI is InChI=1S/C14H11N3O4/c15-14(19)13-12(10(17(20)21)6-7-16-13)11(18)8-9-4-2-1-3-5-9/h1-7H,8H2,(H2,15,19). The van der Waals surface area contributed by atoms with Gasteiger partial charge in [-0.2, -0.15) is 0 Å². The number of nitrogens with zero attached hydrogens (tertiary/aromatic N) is 2. The summed E-state index contributed by atoms with van der Waals surface area (Å²) in [6, 6.07) is 9.78. The fourth-order valence-corrected chi connectivity index (χ4v) is 1.94. The van der Waals surface area contributed by atoms with Crippen LogP contribution in [0.4, 0.5) is 5.69 Å². The molecule has 2 rings (SSSR count). The van der Waals surface area contributed by atoms with E-state index in [2.05, 4.69) is 4.98 Å². The molecule has 0 radical (unpaired) electrons. The number of rotatable bonds is 5. The maximum Gasteiger partial charge on any atom is 0.284 e. The number of Topliss-reactive ketones (excluding diaryl/α,β-unsaturated/α-hetero) is 1. The topological polar surface area (TPSA) is 116 Å². The molecule has 1 aromatic heterocycles. The number of hydrogen-bond acceptors (Lipinski definition) is 5. The van der Waals surface area contributed by atoms with Crippen LogP contribution in [-0.2, 0) is 6.42 Å². The SMILES string of the molecule is NC(=O)c1nccc([N+](=O)[O-])c1C(=O)Cc1ccccc1. The van der Waals surface area contributed by atoms with E-state index in [1.807, 2.05) is 0 Å². The normalized spacial score (nSPS) is 10.1. The summed E-state index contributed by atoms with van der Waals surface area (Å²) in [5.41, 5.74) is 4.61. The van der Waals surface area contributed by atoms with E-state index in [-0.39, 0.29) is 17.7 Å². The van der Waals surface area contributed by atoms with Gasteiger partial charge in [0.1, 0.15) is 11.3 Å². The average molecular weight is 285 g/mol. The number of nitrogens with two attached hydrogens (primary N) is 1. The molecule has 7 heteroatoms. The van der Waals surface area contributed by atoms with Crippen LogP contribution in [0.1, 0.15) is 26.4 Å². The highest BCUT2D eigenvalue weighted by molar-refractivity contribution is 6.09. The molecule has 1 amide bonds. The van der Waals surface area contributed by atoms with Crippen LogP contribution in [0.2, 0.25) is 0 Å². The zero-order valence-electron chi connectivity index (χ0n) is 10.9. The van der Waals surface area contributed by atoms with E-state index in [1.54, 1.807) is 30.3 Å². The van der Waals surface area contributed by atoms with E-state index in [9.17, 15) is 19.7 Å². The second-order valence-corrected chi connectivity index (χ2v) is 4.26. The van der Waals surface area contributed by atoms with Crippen LogP contribution in [0, 0.1) is 10.1 Å². The Morgan fingerprint density at radius 2 is 1.86 bits per heavy atom. The van der Waals surface area contributed by atoms with Crippen molar-refractivity contribution in [2.24, 2.45) is 5.73 Å². The Morgan fingerprint density at radius 1 is 1.19 bits per heavy atom. The first-order valence-electron chi connectivity index (χ1n) is 6.01. The van der Waals surface area contributed by atoms with E-state index in [0.717, 1.165) is 12.3 Å². The van der Waals surface area contributed by atoms with Gasteiger partial charge in [0.25, 0.3) is 11.6 Å². The average Bonchev–Trinajstić information content (AvgIpc) is 2.47. The predicted molar refractivity (Wildman–Crippen MR) is 73.9 cm³/mol. The van der Waals surface area contributed by atoms with Crippen molar-refractivity contribution < 1.29 is 14.5 Å². The molecule has 0 bridgehead atoms. The van der Waals surface area contributed by atoms with Gasteiger partial charge >= 0.3 is 0 Å². The first-order chi connectivity index (χ1) is 10.0. The van der Waals surface area contributed by atoms with Crippen LogP contribution in [0.15, 0.2) is 42.6 Å². The summed E-state index contributed by atoms with van der Waals surface area (Å²) in [7, 11) is 0. The minimum atomic E-state index is -0.977. The molecule has 0 saturated heterocycles. The molecule has 0 aliphatic rings. The van der Waals surface area contributed by atoms with Crippen LogP contribution in [0.5, 0.6) is 0 Å². The lowest BCUT2D eigenvalue weighted by Crippen LogP contribution is -2.20. The van der Waals surface area contributed by atoms with Gasteiger partial charge in [0, 0.05) is 18.7 Å². The predicted octanol–water partition coefficient (Wildman–Crippen LogP) is 1.51. The zero-order chi connectivity index (χ0) is 15.4. The van der Waals surface area contributed by atoms with Crippen molar-refractivity contribution >= 4 is 17.4 Å². The van der Waals surface area contributed by atoms with Gasteiger partial charge in [-0.1, -0.05) is 30.3 Å². The van der Waals surface area contributed by atoms with Gasteiger partial charge in [-0.15, -0.1) is 0 Å². The Hall–Kier alpha value is -3.09. The Labute approximate surface area is 119 Å². The minimum absolute atomic E-state index is 0.0757. The van der Waals surface area contributed by atoms with E-state index in [1.165, 1.54) is 0 Å². The van der Waals surface area contributed by atoms with Gasteiger partial charge in [0.2, 0.25) is 0 Å². The summed E-state index contributed by atoms with van der Waals surface area (Å²) in [6.07, 6.45) is 1.01. The molecule has 0 unspecified atom stereocenters. The second-order valence-electron chi connectivity index (χ2n) is 4.26. The summed E-state index contributed by atoms with van der Waals surface area (Å²) in [4.78, 5) is 37.6. The molecule has 2 N–H and O–H groups in total. The molecule has 0 fully saturated rings. The van der Waals surface area contributed by atoms with E-state index >= 15 is 0 Å². The third kappa shape index (κ3) is 3.08. The molecule has 2 aromatic rings. The number of amides is 1. The van der Waals surface area contributed by atoms with E-state index in [0.29, 0.717) is 5.56 Å². The molecule has 7 nitrogen and oxygen atoms in total. The molecule has 1 aromatic carbocycles. The maximum atomic E-state index is 12.3. The lowest BCUT2D eigenvalue weighted by Gasteiger charge is -2.06. The van der Waals surface area contributed by atoms with Crippen molar-refractivity contribution in [1.29, 1.82) is 0 Å². The van der Waals surface area contributed by atoms with Crippen molar-refractivity contribution in [3.8, 4) is 0 Å². The lowest BCUT2D eigenvalue weighted by atomic mass is 10.00. The van der Waals surface area contributed by atoms with E-state index < -0.39 is 22.3 Å². The summed E-state index contributed by atoms with van der Waals surface area (Å²) in [5, 5.41) is 11.0. The number of carbonyl (C=O) groups is 2. The van der Waals surface area contributed by atoms with Crippen molar-refractivity contribution in [3.05, 3.63) is 69.5 Å². The second kappa shape index (κ2) is 5.91. The number of primary amides is 1. The third-order valence-electron chi connectivity index (χ3n) is 2.85. The Kier molecular flexibility index (Phi) is 4.03.